The van der Waals surface area contributed by atoms with Crippen LogP contribution in [0.2, 0.25) is 0 Å². The van der Waals surface area contributed by atoms with E-state index in [-0.39, 0.29) is 23.8 Å². The number of benzene rings is 1. The molecule has 1 heterocycles. The van der Waals surface area contributed by atoms with E-state index < -0.39 is 0 Å². The summed E-state index contributed by atoms with van der Waals surface area (Å²) in [5.41, 5.74) is 12.9. The zero-order valence-electron chi connectivity index (χ0n) is 13.0. The largest absolute Gasteiger partial charge is 0.384 e. The van der Waals surface area contributed by atoms with E-state index >= 15 is 0 Å². The maximum Gasteiger partial charge on any atom is 0.237 e. The summed E-state index contributed by atoms with van der Waals surface area (Å²) in [6, 6.07) is 7.36. The van der Waals surface area contributed by atoms with Gasteiger partial charge in [-0.05, 0) is 31.9 Å². The van der Waals surface area contributed by atoms with Crippen molar-refractivity contribution in [2.24, 2.45) is 11.5 Å². The zero-order valence-corrected chi connectivity index (χ0v) is 13.0. The molecule has 0 aliphatic carbocycles. The van der Waals surface area contributed by atoms with Gasteiger partial charge in [0.2, 0.25) is 5.91 Å². The van der Waals surface area contributed by atoms with Crippen LogP contribution in [0.5, 0.6) is 0 Å². The van der Waals surface area contributed by atoms with E-state index in [2.05, 4.69) is 10.2 Å². The van der Waals surface area contributed by atoms with E-state index in [1.165, 1.54) is 0 Å². The minimum Gasteiger partial charge on any atom is -0.384 e. The van der Waals surface area contributed by atoms with Crippen LogP contribution in [0.25, 0.3) is 0 Å². The van der Waals surface area contributed by atoms with Crippen LogP contribution < -0.4 is 16.8 Å². The van der Waals surface area contributed by atoms with Crippen LogP contribution in [0.1, 0.15) is 30.9 Å². The molecule has 1 aromatic carbocycles. The Labute approximate surface area is 131 Å². The minimum absolute atomic E-state index is 0.0492. The summed E-state index contributed by atoms with van der Waals surface area (Å²) in [7, 11) is 0. The molecule has 0 aromatic heterocycles. The Hall–Kier alpha value is -1.92. The van der Waals surface area contributed by atoms with Gasteiger partial charge in [-0.2, -0.15) is 0 Å². The SMILES string of the molecule is C[C@@H](N)CN1CCC[C@H]1C(=O)NCc1ccc(C(=N)N)cc1. The highest BCUT2D eigenvalue weighted by molar-refractivity contribution is 5.94. The Morgan fingerprint density at radius 1 is 1.45 bits per heavy atom. The first-order valence-electron chi connectivity index (χ1n) is 7.68. The van der Waals surface area contributed by atoms with Crippen LogP contribution in [0, 0.1) is 5.41 Å². The van der Waals surface area contributed by atoms with Crippen molar-refractivity contribution in [1.82, 2.24) is 10.2 Å². The van der Waals surface area contributed by atoms with Gasteiger partial charge in [-0.25, -0.2) is 0 Å². The van der Waals surface area contributed by atoms with Crippen molar-refractivity contribution in [2.75, 3.05) is 13.1 Å². The molecule has 2 rings (SSSR count). The van der Waals surface area contributed by atoms with Gasteiger partial charge < -0.3 is 16.8 Å². The number of amides is 1. The normalized spacial score (nSPS) is 19.8. The number of likely N-dealkylation sites (tertiary alicyclic amines) is 1. The standard InChI is InChI=1S/C16H25N5O/c1-11(17)10-21-8-2-3-14(21)16(22)20-9-12-4-6-13(7-5-12)15(18)19/h4-7,11,14H,2-3,8-10,17H2,1H3,(H3,18,19)(H,20,22)/t11-,14+/m1/s1. The van der Waals surface area contributed by atoms with Crippen molar-refractivity contribution in [3.63, 3.8) is 0 Å². The van der Waals surface area contributed by atoms with E-state index in [1.54, 1.807) is 12.1 Å². The summed E-state index contributed by atoms with van der Waals surface area (Å²) < 4.78 is 0. The van der Waals surface area contributed by atoms with Gasteiger partial charge in [0.25, 0.3) is 0 Å². The van der Waals surface area contributed by atoms with Crippen molar-refractivity contribution in [1.29, 1.82) is 5.41 Å². The number of hydrogen-bond donors (Lipinski definition) is 4. The van der Waals surface area contributed by atoms with Crippen molar-refractivity contribution >= 4 is 11.7 Å². The van der Waals surface area contributed by atoms with E-state index in [0.29, 0.717) is 12.1 Å². The molecule has 0 radical (unpaired) electrons. The minimum atomic E-state index is -0.0671. The smallest absolute Gasteiger partial charge is 0.237 e. The lowest BCUT2D eigenvalue weighted by atomic mass is 10.1. The van der Waals surface area contributed by atoms with Crippen molar-refractivity contribution in [3.05, 3.63) is 35.4 Å². The van der Waals surface area contributed by atoms with Crippen molar-refractivity contribution in [2.45, 2.75) is 38.4 Å². The van der Waals surface area contributed by atoms with Gasteiger partial charge in [0.05, 0.1) is 6.04 Å². The Bertz CT molecular complexity index is 526. The second-order valence-corrected chi connectivity index (χ2v) is 5.96. The van der Waals surface area contributed by atoms with Crippen molar-refractivity contribution < 1.29 is 4.79 Å². The van der Waals surface area contributed by atoms with Gasteiger partial charge in [0.15, 0.2) is 0 Å². The summed E-state index contributed by atoms with van der Waals surface area (Å²) in [4.78, 5) is 14.5. The van der Waals surface area contributed by atoms with Crippen LogP contribution in [-0.2, 0) is 11.3 Å². The number of nitrogens with one attached hydrogen (secondary N) is 2. The van der Waals surface area contributed by atoms with Gasteiger partial charge in [-0.1, -0.05) is 24.3 Å². The monoisotopic (exact) mass is 303 g/mol. The van der Waals surface area contributed by atoms with E-state index in [4.69, 9.17) is 16.9 Å². The molecule has 2 atom stereocenters. The zero-order chi connectivity index (χ0) is 16.1. The number of rotatable bonds is 6. The first-order chi connectivity index (χ1) is 10.5. The third kappa shape index (κ3) is 4.29. The molecule has 0 unspecified atom stereocenters. The number of carbonyl (C=O) groups is 1. The molecule has 1 saturated heterocycles. The molecule has 1 aliphatic rings. The maximum absolute atomic E-state index is 12.3. The Morgan fingerprint density at radius 3 is 2.73 bits per heavy atom. The van der Waals surface area contributed by atoms with Gasteiger partial charge in [-0.3, -0.25) is 15.1 Å². The Balaban J connectivity index is 1.87. The number of amidine groups is 1. The third-order valence-electron chi connectivity index (χ3n) is 3.92. The van der Waals surface area contributed by atoms with E-state index in [9.17, 15) is 4.79 Å². The lowest BCUT2D eigenvalue weighted by Gasteiger charge is -2.25. The van der Waals surface area contributed by atoms with E-state index in [0.717, 1.165) is 31.5 Å². The fraction of sp³-hybridized carbons (Fsp3) is 0.500. The Kier molecular flexibility index (Phi) is 5.51. The fourth-order valence-corrected chi connectivity index (χ4v) is 2.82. The predicted molar refractivity (Wildman–Crippen MR) is 87.5 cm³/mol. The summed E-state index contributed by atoms with van der Waals surface area (Å²) in [5.74, 6) is 0.113. The predicted octanol–water partition coefficient (Wildman–Crippen LogP) is 0.398. The highest BCUT2D eigenvalue weighted by Gasteiger charge is 2.30. The second kappa shape index (κ2) is 7.38. The van der Waals surface area contributed by atoms with Crippen molar-refractivity contribution in [3.8, 4) is 0 Å². The molecule has 22 heavy (non-hydrogen) atoms. The molecular formula is C16H25N5O. The van der Waals surface area contributed by atoms with Crippen LogP contribution in [0.15, 0.2) is 24.3 Å². The lowest BCUT2D eigenvalue weighted by molar-refractivity contribution is -0.125. The van der Waals surface area contributed by atoms with Gasteiger partial charge >= 0.3 is 0 Å². The number of carbonyl (C=O) groups excluding carboxylic acids is 1. The van der Waals surface area contributed by atoms with Gasteiger partial charge in [0.1, 0.15) is 5.84 Å². The lowest BCUT2D eigenvalue weighted by Crippen LogP contribution is -2.46. The summed E-state index contributed by atoms with van der Waals surface area (Å²) in [6.45, 7) is 4.14. The average Bonchev–Trinajstić information content (AvgIpc) is 2.92. The van der Waals surface area contributed by atoms with Crippen LogP contribution >= 0.6 is 0 Å². The number of nitrogens with two attached hydrogens (primary N) is 2. The number of hydrogen-bond acceptors (Lipinski definition) is 4. The molecule has 1 aliphatic heterocycles. The van der Waals surface area contributed by atoms with Gasteiger partial charge in [0, 0.05) is 24.7 Å². The van der Waals surface area contributed by atoms with E-state index in [1.807, 2.05) is 19.1 Å². The third-order valence-corrected chi connectivity index (χ3v) is 3.92. The number of nitrogens with zero attached hydrogens (tertiary/aromatic N) is 1. The highest BCUT2D eigenvalue weighted by Crippen LogP contribution is 2.17. The molecule has 6 heteroatoms. The first kappa shape index (κ1) is 16.5. The van der Waals surface area contributed by atoms with Crippen LogP contribution in [0.3, 0.4) is 0 Å². The molecule has 6 nitrogen and oxygen atoms in total. The fourth-order valence-electron chi connectivity index (χ4n) is 2.82. The molecule has 0 saturated carbocycles. The summed E-state index contributed by atoms with van der Waals surface area (Å²) in [6.07, 6.45) is 1.93. The highest BCUT2D eigenvalue weighted by atomic mass is 16.2. The van der Waals surface area contributed by atoms with Crippen LogP contribution in [-0.4, -0.2) is 41.8 Å². The Morgan fingerprint density at radius 2 is 2.14 bits per heavy atom. The topological polar surface area (TPSA) is 108 Å². The maximum atomic E-state index is 12.3. The molecule has 0 spiro atoms. The molecule has 0 bridgehead atoms. The summed E-state index contributed by atoms with van der Waals surface area (Å²) >= 11 is 0. The summed E-state index contributed by atoms with van der Waals surface area (Å²) in [5, 5.41) is 10.3. The first-order valence-corrected chi connectivity index (χ1v) is 7.68. The molecule has 1 fully saturated rings. The molecule has 6 N–H and O–H groups in total. The van der Waals surface area contributed by atoms with Crippen LogP contribution in [0.4, 0.5) is 0 Å². The quantitative estimate of drug-likeness (QED) is 0.450. The average molecular weight is 303 g/mol. The van der Waals surface area contributed by atoms with Gasteiger partial charge in [-0.15, -0.1) is 0 Å². The molecule has 1 amide bonds. The molecular weight excluding hydrogens is 278 g/mol. The molecule has 120 valence electrons. The number of nitrogen functional groups attached to an aromatic ring is 1. The molecule has 1 aromatic rings. The second-order valence-electron chi connectivity index (χ2n) is 5.96.